The van der Waals surface area contributed by atoms with Crippen LogP contribution in [0.3, 0.4) is 0 Å². The van der Waals surface area contributed by atoms with E-state index in [1.807, 2.05) is 24.3 Å². The van der Waals surface area contributed by atoms with Gasteiger partial charge in [-0.1, -0.05) is 12.1 Å². The van der Waals surface area contributed by atoms with Crippen molar-refractivity contribution in [3.8, 4) is 11.5 Å². The molecule has 0 fully saturated rings. The molecule has 1 aliphatic rings. The summed E-state index contributed by atoms with van der Waals surface area (Å²) in [6.07, 6.45) is 3.65. The molecule has 20 heavy (non-hydrogen) atoms. The minimum Gasteiger partial charge on any atom is -0.493 e. The van der Waals surface area contributed by atoms with Gasteiger partial charge in [-0.2, -0.15) is 0 Å². The highest BCUT2D eigenvalue weighted by Gasteiger charge is 2.19. The van der Waals surface area contributed by atoms with Gasteiger partial charge in [0.2, 0.25) is 0 Å². The van der Waals surface area contributed by atoms with Crippen LogP contribution in [0.4, 0.5) is 0 Å². The number of hydrogen-bond donors (Lipinski definition) is 2. The molecule has 1 aromatic rings. The predicted octanol–water partition coefficient (Wildman–Crippen LogP) is 1.33. The SMILES string of the molecule is COc1cccc2c1OCC(C(=O)NCCCCN)=C2. The van der Waals surface area contributed by atoms with Crippen molar-refractivity contribution < 1.29 is 14.3 Å². The molecule has 1 heterocycles. The Kier molecular flexibility index (Phi) is 5.01. The van der Waals surface area contributed by atoms with Gasteiger partial charge in [-0.15, -0.1) is 0 Å². The Morgan fingerprint density at radius 1 is 1.45 bits per heavy atom. The normalized spacial score (nSPS) is 13.0. The monoisotopic (exact) mass is 276 g/mol. The highest BCUT2D eigenvalue weighted by molar-refractivity contribution is 5.99. The van der Waals surface area contributed by atoms with Gasteiger partial charge < -0.3 is 20.5 Å². The lowest BCUT2D eigenvalue weighted by atomic mass is 10.1. The topological polar surface area (TPSA) is 73.6 Å². The average Bonchev–Trinajstić information content (AvgIpc) is 2.50. The van der Waals surface area contributed by atoms with Crippen LogP contribution >= 0.6 is 0 Å². The summed E-state index contributed by atoms with van der Waals surface area (Å²) in [7, 11) is 1.60. The summed E-state index contributed by atoms with van der Waals surface area (Å²) in [6.45, 7) is 1.54. The van der Waals surface area contributed by atoms with E-state index in [-0.39, 0.29) is 12.5 Å². The number of nitrogens with one attached hydrogen (secondary N) is 1. The van der Waals surface area contributed by atoms with Crippen molar-refractivity contribution in [2.45, 2.75) is 12.8 Å². The number of hydrogen-bond acceptors (Lipinski definition) is 4. The van der Waals surface area contributed by atoms with Crippen LogP contribution in [-0.2, 0) is 4.79 Å². The summed E-state index contributed by atoms with van der Waals surface area (Å²) in [5.41, 5.74) is 6.90. The fourth-order valence-corrected chi connectivity index (χ4v) is 2.06. The Bertz CT molecular complexity index is 512. The molecular formula is C15H20N2O3. The van der Waals surface area contributed by atoms with Crippen LogP contribution in [0.25, 0.3) is 6.08 Å². The maximum atomic E-state index is 12.0. The minimum absolute atomic E-state index is 0.0875. The van der Waals surface area contributed by atoms with E-state index in [2.05, 4.69) is 5.32 Å². The number of methoxy groups -OCH3 is 1. The van der Waals surface area contributed by atoms with Gasteiger partial charge in [0, 0.05) is 12.1 Å². The molecular weight excluding hydrogens is 256 g/mol. The van der Waals surface area contributed by atoms with E-state index in [9.17, 15) is 4.79 Å². The summed E-state index contributed by atoms with van der Waals surface area (Å²) in [5.74, 6) is 1.28. The van der Waals surface area contributed by atoms with E-state index in [1.54, 1.807) is 7.11 Å². The predicted molar refractivity (Wildman–Crippen MR) is 77.8 cm³/mol. The summed E-state index contributed by atoms with van der Waals surface area (Å²) in [5, 5.41) is 2.87. The van der Waals surface area contributed by atoms with E-state index in [0.717, 1.165) is 18.4 Å². The number of ether oxygens (including phenoxy) is 2. The molecule has 0 saturated heterocycles. The Hall–Kier alpha value is -2.01. The van der Waals surface area contributed by atoms with Crippen LogP contribution in [0.1, 0.15) is 18.4 Å². The molecule has 0 saturated carbocycles. The standard InChI is InChI=1S/C15H20N2O3/c1-19-13-6-4-5-11-9-12(10-20-14(11)13)15(18)17-8-3-2-7-16/h4-6,9H,2-3,7-8,10,16H2,1H3,(H,17,18). The summed E-state index contributed by atoms with van der Waals surface area (Å²) in [4.78, 5) is 12.0. The van der Waals surface area contributed by atoms with E-state index in [1.165, 1.54) is 0 Å². The third-order valence-corrected chi connectivity index (χ3v) is 3.14. The van der Waals surface area contributed by atoms with E-state index in [0.29, 0.717) is 30.2 Å². The molecule has 1 aromatic carbocycles. The first-order valence-electron chi connectivity index (χ1n) is 6.75. The van der Waals surface area contributed by atoms with Gasteiger partial charge in [0.15, 0.2) is 11.5 Å². The average molecular weight is 276 g/mol. The molecule has 0 radical (unpaired) electrons. The lowest BCUT2D eigenvalue weighted by Crippen LogP contribution is -2.29. The van der Waals surface area contributed by atoms with Crippen LogP contribution in [0, 0.1) is 0 Å². The number of carbonyl (C=O) groups is 1. The van der Waals surface area contributed by atoms with Gasteiger partial charge in [0.25, 0.3) is 5.91 Å². The van der Waals surface area contributed by atoms with Crippen molar-refractivity contribution in [2.75, 3.05) is 26.8 Å². The number of unbranched alkanes of at least 4 members (excludes halogenated alkanes) is 1. The molecule has 5 heteroatoms. The highest BCUT2D eigenvalue weighted by Crippen LogP contribution is 2.35. The molecule has 0 aromatic heterocycles. The maximum absolute atomic E-state index is 12.0. The van der Waals surface area contributed by atoms with Gasteiger partial charge in [0.1, 0.15) is 6.61 Å². The third kappa shape index (κ3) is 3.30. The zero-order valence-corrected chi connectivity index (χ0v) is 11.6. The second kappa shape index (κ2) is 6.96. The zero-order valence-electron chi connectivity index (χ0n) is 11.6. The first-order chi connectivity index (χ1) is 9.76. The number of benzene rings is 1. The van der Waals surface area contributed by atoms with Crippen molar-refractivity contribution in [1.29, 1.82) is 0 Å². The van der Waals surface area contributed by atoms with Gasteiger partial charge in [0.05, 0.1) is 12.7 Å². The van der Waals surface area contributed by atoms with Gasteiger partial charge in [-0.3, -0.25) is 4.79 Å². The van der Waals surface area contributed by atoms with Crippen LogP contribution in [0.15, 0.2) is 23.8 Å². The molecule has 2 rings (SSSR count). The molecule has 0 aliphatic carbocycles. The first-order valence-corrected chi connectivity index (χ1v) is 6.75. The van der Waals surface area contributed by atoms with Gasteiger partial charge in [-0.25, -0.2) is 0 Å². The first kappa shape index (κ1) is 14.4. The molecule has 0 bridgehead atoms. The van der Waals surface area contributed by atoms with Crippen molar-refractivity contribution in [1.82, 2.24) is 5.32 Å². The Morgan fingerprint density at radius 2 is 2.30 bits per heavy atom. The second-order valence-corrected chi connectivity index (χ2v) is 4.59. The number of fused-ring (bicyclic) bond motifs is 1. The lowest BCUT2D eigenvalue weighted by molar-refractivity contribution is -0.117. The fraction of sp³-hybridized carbons (Fsp3) is 0.400. The van der Waals surface area contributed by atoms with Crippen molar-refractivity contribution in [3.05, 3.63) is 29.3 Å². The lowest BCUT2D eigenvalue weighted by Gasteiger charge is -2.19. The minimum atomic E-state index is -0.0875. The van der Waals surface area contributed by atoms with Crippen LogP contribution in [-0.4, -0.2) is 32.7 Å². The Balaban J connectivity index is 2.03. The van der Waals surface area contributed by atoms with Crippen LogP contribution in [0.2, 0.25) is 0 Å². The number of rotatable bonds is 6. The molecule has 1 amide bonds. The summed E-state index contributed by atoms with van der Waals surface area (Å²) >= 11 is 0. The molecule has 108 valence electrons. The second-order valence-electron chi connectivity index (χ2n) is 4.59. The Labute approximate surface area is 118 Å². The fourth-order valence-electron chi connectivity index (χ4n) is 2.06. The zero-order chi connectivity index (χ0) is 14.4. The molecule has 0 spiro atoms. The van der Waals surface area contributed by atoms with Crippen molar-refractivity contribution in [3.63, 3.8) is 0 Å². The van der Waals surface area contributed by atoms with Crippen LogP contribution < -0.4 is 20.5 Å². The molecule has 1 aliphatic heterocycles. The summed E-state index contributed by atoms with van der Waals surface area (Å²) < 4.78 is 10.9. The van der Waals surface area contributed by atoms with Crippen LogP contribution in [0.5, 0.6) is 11.5 Å². The maximum Gasteiger partial charge on any atom is 0.250 e. The largest absolute Gasteiger partial charge is 0.493 e. The number of amides is 1. The number of para-hydroxylation sites is 1. The molecule has 3 N–H and O–H groups in total. The van der Waals surface area contributed by atoms with Crippen molar-refractivity contribution in [2.24, 2.45) is 5.73 Å². The van der Waals surface area contributed by atoms with Gasteiger partial charge in [-0.05, 0) is 31.5 Å². The Morgan fingerprint density at radius 3 is 3.05 bits per heavy atom. The van der Waals surface area contributed by atoms with Gasteiger partial charge >= 0.3 is 0 Å². The van der Waals surface area contributed by atoms with E-state index >= 15 is 0 Å². The summed E-state index contributed by atoms with van der Waals surface area (Å²) in [6, 6.07) is 5.61. The molecule has 5 nitrogen and oxygen atoms in total. The number of carbonyl (C=O) groups excluding carboxylic acids is 1. The third-order valence-electron chi connectivity index (χ3n) is 3.14. The molecule has 0 unspecified atom stereocenters. The van der Waals surface area contributed by atoms with E-state index in [4.69, 9.17) is 15.2 Å². The highest BCUT2D eigenvalue weighted by atomic mass is 16.5. The molecule has 0 atom stereocenters. The van der Waals surface area contributed by atoms with E-state index < -0.39 is 0 Å². The number of nitrogens with two attached hydrogens (primary N) is 1. The smallest absolute Gasteiger partial charge is 0.250 e. The van der Waals surface area contributed by atoms with Crippen molar-refractivity contribution >= 4 is 12.0 Å². The quantitative estimate of drug-likeness (QED) is 0.769.